The van der Waals surface area contributed by atoms with Crippen LogP contribution in [0.5, 0.6) is 0 Å². The fourth-order valence-corrected chi connectivity index (χ4v) is 1.83. The second kappa shape index (κ2) is 6.26. The molecule has 15 heavy (non-hydrogen) atoms. The molecule has 1 aromatic carbocycles. The predicted octanol–water partition coefficient (Wildman–Crippen LogP) is 2.66. The molecule has 0 aliphatic heterocycles. The molecular formula is C12H19BrN2. The second-order valence-corrected chi connectivity index (χ2v) is 4.75. The molecule has 2 nitrogen and oxygen atoms in total. The van der Waals surface area contributed by atoms with Crippen LogP contribution in [0.15, 0.2) is 28.7 Å². The lowest BCUT2D eigenvalue weighted by atomic mass is 10.1. The van der Waals surface area contributed by atoms with Crippen LogP contribution >= 0.6 is 15.9 Å². The van der Waals surface area contributed by atoms with Crippen molar-refractivity contribution >= 4 is 15.9 Å². The van der Waals surface area contributed by atoms with Gasteiger partial charge in [-0.2, -0.15) is 0 Å². The smallest absolute Gasteiger partial charge is 0.0466 e. The van der Waals surface area contributed by atoms with Gasteiger partial charge in [-0.3, -0.25) is 0 Å². The topological polar surface area (TPSA) is 15.3 Å². The van der Waals surface area contributed by atoms with E-state index in [9.17, 15) is 0 Å². The molecule has 0 spiro atoms. The first-order valence-corrected chi connectivity index (χ1v) is 6.07. The maximum absolute atomic E-state index is 3.46. The van der Waals surface area contributed by atoms with Crippen molar-refractivity contribution in [1.82, 2.24) is 10.2 Å². The van der Waals surface area contributed by atoms with Crippen LogP contribution in [-0.4, -0.2) is 32.1 Å². The standard InChI is InChI=1S/C12H19BrN2/c1-4-14-9-12(15(2)3)10-5-7-11(13)8-6-10/h5-8,12,14H,4,9H2,1-3H3. The lowest BCUT2D eigenvalue weighted by molar-refractivity contribution is 0.290. The molecule has 1 N–H and O–H groups in total. The van der Waals surface area contributed by atoms with E-state index in [1.165, 1.54) is 5.56 Å². The molecule has 1 aromatic rings. The number of benzene rings is 1. The summed E-state index contributed by atoms with van der Waals surface area (Å²) in [6.07, 6.45) is 0. The minimum absolute atomic E-state index is 0.443. The van der Waals surface area contributed by atoms with E-state index in [0.717, 1.165) is 17.6 Å². The molecule has 0 aliphatic rings. The highest BCUT2D eigenvalue weighted by atomic mass is 79.9. The highest BCUT2D eigenvalue weighted by Gasteiger charge is 2.12. The number of hydrogen-bond donors (Lipinski definition) is 1. The Labute approximate surface area is 101 Å². The molecule has 0 fully saturated rings. The molecule has 0 amide bonds. The summed E-state index contributed by atoms with van der Waals surface area (Å²) >= 11 is 3.46. The zero-order chi connectivity index (χ0) is 11.3. The molecule has 3 heteroatoms. The van der Waals surface area contributed by atoms with E-state index in [4.69, 9.17) is 0 Å². The van der Waals surface area contributed by atoms with Crippen LogP contribution in [0.4, 0.5) is 0 Å². The van der Waals surface area contributed by atoms with Gasteiger partial charge < -0.3 is 10.2 Å². The van der Waals surface area contributed by atoms with Crippen LogP contribution in [0.25, 0.3) is 0 Å². The third-order valence-electron chi connectivity index (χ3n) is 2.47. The Morgan fingerprint density at radius 1 is 1.27 bits per heavy atom. The van der Waals surface area contributed by atoms with E-state index in [2.05, 4.69) is 71.4 Å². The quantitative estimate of drug-likeness (QED) is 0.885. The lowest BCUT2D eigenvalue weighted by Gasteiger charge is -2.25. The van der Waals surface area contributed by atoms with E-state index < -0.39 is 0 Å². The van der Waals surface area contributed by atoms with Crippen molar-refractivity contribution in [3.8, 4) is 0 Å². The summed E-state index contributed by atoms with van der Waals surface area (Å²) in [5, 5.41) is 3.39. The fraction of sp³-hybridized carbons (Fsp3) is 0.500. The van der Waals surface area contributed by atoms with Gasteiger partial charge in [0, 0.05) is 17.1 Å². The predicted molar refractivity (Wildman–Crippen MR) is 69.1 cm³/mol. The summed E-state index contributed by atoms with van der Waals surface area (Å²) < 4.78 is 1.13. The first-order valence-electron chi connectivity index (χ1n) is 5.27. The number of hydrogen-bond acceptors (Lipinski definition) is 2. The van der Waals surface area contributed by atoms with E-state index in [-0.39, 0.29) is 0 Å². The van der Waals surface area contributed by atoms with Crippen LogP contribution < -0.4 is 5.32 Å². The summed E-state index contributed by atoms with van der Waals surface area (Å²) in [4.78, 5) is 2.24. The van der Waals surface area contributed by atoms with Gasteiger partial charge in [-0.25, -0.2) is 0 Å². The molecule has 0 bridgehead atoms. The van der Waals surface area contributed by atoms with Gasteiger partial charge in [0.1, 0.15) is 0 Å². The molecule has 0 saturated carbocycles. The molecular weight excluding hydrogens is 252 g/mol. The molecule has 1 atom stereocenters. The molecule has 0 saturated heterocycles. The van der Waals surface area contributed by atoms with Gasteiger partial charge in [-0.15, -0.1) is 0 Å². The molecule has 1 rings (SSSR count). The van der Waals surface area contributed by atoms with Gasteiger partial charge in [0.2, 0.25) is 0 Å². The van der Waals surface area contributed by atoms with Gasteiger partial charge in [0.15, 0.2) is 0 Å². The van der Waals surface area contributed by atoms with Crippen LogP contribution in [-0.2, 0) is 0 Å². The summed E-state index contributed by atoms with van der Waals surface area (Å²) in [5.74, 6) is 0. The van der Waals surface area contributed by atoms with E-state index >= 15 is 0 Å². The van der Waals surface area contributed by atoms with Crippen molar-refractivity contribution in [1.29, 1.82) is 0 Å². The third kappa shape index (κ3) is 3.93. The molecule has 84 valence electrons. The average molecular weight is 271 g/mol. The van der Waals surface area contributed by atoms with Crippen LogP contribution in [0.2, 0.25) is 0 Å². The average Bonchev–Trinajstić information content (AvgIpc) is 2.21. The lowest BCUT2D eigenvalue weighted by Crippen LogP contribution is -2.30. The van der Waals surface area contributed by atoms with E-state index in [1.807, 2.05) is 0 Å². The van der Waals surface area contributed by atoms with Crippen LogP contribution in [0.1, 0.15) is 18.5 Å². The summed E-state index contributed by atoms with van der Waals surface area (Å²) in [7, 11) is 4.23. The Morgan fingerprint density at radius 2 is 1.87 bits per heavy atom. The van der Waals surface area contributed by atoms with Crippen molar-refractivity contribution in [2.75, 3.05) is 27.2 Å². The molecule has 0 aromatic heterocycles. The number of nitrogens with one attached hydrogen (secondary N) is 1. The second-order valence-electron chi connectivity index (χ2n) is 3.84. The maximum Gasteiger partial charge on any atom is 0.0466 e. The highest BCUT2D eigenvalue weighted by molar-refractivity contribution is 9.10. The van der Waals surface area contributed by atoms with Gasteiger partial charge >= 0.3 is 0 Å². The Hall–Kier alpha value is -0.380. The Kier molecular flexibility index (Phi) is 5.29. The minimum atomic E-state index is 0.443. The first kappa shape index (κ1) is 12.7. The zero-order valence-corrected chi connectivity index (χ0v) is 11.2. The number of rotatable bonds is 5. The van der Waals surface area contributed by atoms with Crippen LogP contribution in [0, 0.1) is 0 Å². The van der Waals surface area contributed by atoms with Gasteiger partial charge in [0.05, 0.1) is 0 Å². The fourth-order valence-electron chi connectivity index (χ4n) is 1.56. The Balaban J connectivity index is 2.74. The third-order valence-corrected chi connectivity index (χ3v) is 2.99. The van der Waals surface area contributed by atoms with Crippen molar-refractivity contribution in [2.24, 2.45) is 0 Å². The Morgan fingerprint density at radius 3 is 2.33 bits per heavy atom. The van der Waals surface area contributed by atoms with Crippen LogP contribution in [0.3, 0.4) is 0 Å². The van der Waals surface area contributed by atoms with Crippen molar-refractivity contribution in [3.63, 3.8) is 0 Å². The van der Waals surface area contributed by atoms with E-state index in [0.29, 0.717) is 6.04 Å². The minimum Gasteiger partial charge on any atom is -0.315 e. The van der Waals surface area contributed by atoms with Gasteiger partial charge in [0.25, 0.3) is 0 Å². The zero-order valence-electron chi connectivity index (χ0n) is 9.63. The molecule has 0 radical (unpaired) electrons. The SMILES string of the molecule is CCNCC(c1ccc(Br)cc1)N(C)C. The molecule has 1 unspecified atom stereocenters. The normalized spacial score (nSPS) is 13.1. The van der Waals surface area contributed by atoms with Gasteiger partial charge in [-0.05, 0) is 38.3 Å². The largest absolute Gasteiger partial charge is 0.315 e. The summed E-state index contributed by atoms with van der Waals surface area (Å²) in [5.41, 5.74) is 1.35. The highest BCUT2D eigenvalue weighted by Crippen LogP contribution is 2.19. The monoisotopic (exact) mass is 270 g/mol. The molecule has 0 heterocycles. The number of halogens is 1. The van der Waals surface area contributed by atoms with Crippen molar-refractivity contribution < 1.29 is 0 Å². The van der Waals surface area contributed by atoms with Crippen molar-refractivity contribution in [3.05, 3.63) is 34.3 Å². The van der Waals surface area contributed by atoms with E-state index in [1.54, 1.807) is 0 Å². The Bertz CT molecular complexity index is 282. The van der Waals surface area contributed by atoms with Crippen molar-refractivity contribution in [2.45, 2.75) is 13.0 Å². The maximum atomic E-state index is 3.46. The number of nitrogens with zero attached hydrogens (tertiary/aromatic N) is 1. The first-order chi connectivity index (χ1) is 7.15. The molecule has 0 aliphatic carbocycles. The summed E-state index contributed by atoms with van der Waals surface area (Å²) in [6.45, 7) is 4.14. The number of likely N-dealkylation sites (N-methyl/N-ethyl adjacent to an activating group) is 2. The van der Waals surface area contributed by atoms with Gasteiger partial charge in [-0.1, -0.05) is 35.0 Å². The summed E-state index contributed by atoms with van der Waals surface area (Å²) in [6, 6.07) is 8.98.